The van der Waals surface area contributed by atoms with E-state index >= 15 is 0 Å². The van der Waals surface area contributed by atoms with Crippen LogP contribution in [0.1, 0.15) is 5.56 Å². The third-order valence-corrected chi connectivity index (χ3v) is 4.74. The van der Waals surface area contributed by atoms with E-state index in [0.717, 1.165) is 18.5 Å². The van der Waals surface area contributed by atoms with Gasteiger partial charge in [-0.1, -0.05) is 24.3 Å². The molecule has 20 heavy (non-hydrogen) atoms. The van der Waals surface area contributed by atoms with Crippen LogP contribution in [0.5, 0.6) is 0 Å². The standard InChI is InChI=1S/C15H22N2O2S/c1-4-12-17(13-5-2)20(18,19)15-8-6-14(7-9-15)10-11-16-3/h4-9,16H,1-2,10-13H2,3H3. The van der Waals surface area contributed by atoms with Gasteiger partial charge in [0.1, 0.15) is 0 Å². The summed E-state index contributed by atoms with van der Waals surface area (Å²) in [6.07, 6.45) is 4.02. The van der Waals surface area contributed by atoms with Crippen molar-refractivity contribution in [3.8, 4) is 0 Å². The van der Waals surface area contributed by atoms with Crippen LogP contribution >= 0.6 is 0 Å². The van der Waals surface area contributed by atoms with Crippen molar-refractivity contribution in [1.29, 1.82) is 0 Å². The molecule has 0 aliphatic carbocycles. The van der Waals surface area contributed by atoms with Crippen molar-refractivity contribution in [1.82, 2.24) is 9.62 Å². The number of hydrogen-bond donors (Lipinski definition) is 1. The lowest BCUT2D eigenvalue weighted by atomic mass is 10.1. The van der Waals surface area contributed by atoms with Gasteiger partial charge in [0, 0.05) is 13.1 Å². The first-order valence-corrected chi connectivity index (χ1v) is 7.95. The molecule has 110 valence electrons. The zero-order valence-corrected chi connectivity index (χ0v) is 12.7. The summed E-state index contributed by atoms with van der Waals surface area (Å²) in [7, 11) is -1.60. The third kappa shape index (κ3) is 4.30. The maximum Gasteiger partial charge on any atom is 0.243 e. The Morgan fingerprint density at radius 3 is 2.15 bits per heavy atom. The van der Waals surface area contributed by atoms with Crippen LogP contribution in [0, 0.1) is 0 Å². The number of benzene rings is 1. The molecule has 0 radical (unpaired) electrons. The minimum atomic E-state index is -3.49. The van der Waals surface area contributed by atoms with Crippen molar-refractivity contribution >= 4 is 10.0 Å². The molecule has 0 unspecified atom stereocenters. The van der Waals surface area contributed by atoms with Crippen molar-refractivity contribution in [2.24, 2.45) is 0 Å². The van der Waals surface area contributed by atoms with E-state index in [9.17, 15) is 8.42 Å². The second-order valence-electron chi connectivity index (χ2n) is 4.40. The molecule has 1 aromatic rings. The van der Waals surface area contributed by atoms with Gasteiger partial charge in [0.2, 0.25) is 10.0 Å². The van der Waals surface area contributed by atoms with Crippen LogP contribution in [-0.2, 0) is 16.4 Å². The molecule has 1 N–H and O–H groups in total. The zero-order chi connectivity index (χ0) is 15.0. The van der Waals surface area contributed by atoms with Crippen LogP contribution < -0.4 is 5.32 Å². The monoisotopic (exact) mass is 294 g/mol. The topological polar surface area (TPSA) is 49.4 Å². The number of hydrogen-bond acceptors (Lipinski definition) is 3. The Balaban J connectivity index is 2.95. The molecular weight excluding hydrogens is 272 g/mol. The van der Waals surface area contributed by atoms with Gasteiger partial charge in [0.25, 0.3) is 0 Å². The summed E-state index contributed by atoms with van der Waals surface area (Å²) in [6.45, 7) is 8.59. The van der Waals surface area contributed by atoms with Crippen molar-refractivity contribution in [2.75, 3.05) is 26.7 Å². The summed E-state index contributed by atoms with van der Waals surface area (Å²) in [4.78, 5) is 0.300. The lowest BCUT2D eigenvalue weighted by molar-refractivity contribution is 0.474. The first-order chi connectivity index (χ1) is 9.56. The van der Waals surface area contributed by atoms with Crippen LogP contribution in [0.25, 0.3) is 0 Å². The molecule has 0 aromatic heterocycles. The van der Waals surface area contributed by atoms with E-state index < -0.39 is 10.0 Å². The summed E-state index contributed by atoms with van der Waals surface area (Å²) >= 11 is 0. The van der Waals surface area contributed by atoms with Crippen LogP contribution in [0.15, 0.2) is 54.5 Å². The highest BCUT2D eigenvalue weighted by atomic mass is 32.2. The van der Waals surface area contributed by atoms with Crippen LogP contribution in [-0.4, -0.2) is 39.4 Å². The Bertz CT molecular complexity index is 525. The van der Waals surface area contributed by atoms with Gasteiger partial charge in [0.05, 0.1) is 4.90 Å². The van der Waals surface area contributed by atoms with Gasteiger partial charge >= 0.3 is 0 Å². The van der Waals surface area contributed by atoms with E-state index in [4.69, 9.17) is 0 Å². The van der Waals surface area contributed by atoms with Gasteiger partial charge in [-0.3, -0.25) is 0 Å². The lowest BCUT2D eigenvalue weighted by Gasteiger charge is -2.19. The van der Waals surface area contributed by atoms with Crippen molar-refractivity contribution < 1.29 is 8.42 Å². The second kappa shape index (κ2) is 7.99. The fraction of sp³-hybridized carbons (Fsp3) is 0.333. The van der Waals surface area contributed by atoms with E-state index in [1.54, 1.807) is 24.3 Å². The number of sulfonamides is 1. The van der Waals surface area contributed by atoms with Gasteiger partial charge < -0.3 is 5.32 Å². The molecule has 5 heteroatoms. The summed E-state index contributed by atoms with van der Waals surface area (Å²) < 4.78 is 26.3. The van der Waals surface area contributed by atoms with Crippen molar-refractivity contribution in [3.05, 3.63) is 55.1 Å². The highest BCUT2D eigenvalue weighted by Gasteiger charge is 2.21. The van der Waals surface area contributed by atoms with Gasteiger partial charge in [-0.25, -0.2) is 8.42 Å². The highest BCUT2D eigenvalue weighted by Crippen LogP contribution is 2.16. The minimum absolute atomic E-state index is 0.274. The molecule has 0 aliphatic rings. The molecule has 1 aromatic carbocycles. The highest BCUT2D eigenvalue weighted by molar-refractivity contribution is 7.89. The van der Waals surface area contributed by atoms with E-state index in [1.807, 2.05) is 19.2 Å². The molecule has 0 spiro atoms. The summed E-state index contributed by atoms with van der Waals surface area (Å²) in [5.41, 5.74) is 1.11. The number of nitrogens with one attached hydrogen (secondary N) is 1. The number of rotatable bonds is 9. The van der Waals surface area contributed by atoms with E-state index in [1.165, 1.54) is 4.31 Å². The molecule has 0 saturated heterocycles. The van der Waals surface area contributed by atoms with Gasteiger partial charge in [-0.15, -0.1) is 13.2 Å². The first kappa shape index (κ1) is 16.6. The molecule has 0 amide bonds. The molecule has 0 saturated carbocycles. The Hall–Kier alpha value is -1.43. The lowest BCUT2D eigenvalue weighted by Crippen LogP contribution is -2.31. The van der Waals surface area contributed by atoms with Gasteiger partial charge in [-0.05, 0) is 37.7 Å². The molecule has 0 atom stereocenters. The molecule has 4 nitrogen and oxygen atoms in total. The van der Waals surface area contributed by atoms with E-state index in [0.29, 0.717) is 4.90 Å². The summed E-state index contributed by atoms with van der Waals surface area (Å²) in [6, 6.07) is 7.01. The summed E-state index contributed by atoms with van der Waals surface area (Å²) in [5, 5.41) is 3.06. The average Bonchev–Trinajstić information content (AvgIpc) is 2.45. The quantitative estimate of drug-likeness (QED) is 0.707. The molecule has 0 aliphatic heterocycles. The third-order valence-electron chi connectivity index (χ3n) is 2.89. The fourth-order valence-corrected chi connectivity index (χ4v) is 3.19. The Morgan fingerprint density at radius 2 is 1.70 bits per heavy atom. The normalized spacial score (nSPS) is 11.5. The SMILES string of the molecule is C=CCN(CC=C)S(=O)(=O)c1ccc(CCNC)cc1. The molecule has 0 bridgehead atoms. The zero-order valence-electron chi connectivity index (χ0n) is 11.9. The minimum Gasteiger partial charge on any atom is -0.319 e. The summed E-state index contributed by atoms with van der Waals surface area (Å²) in [5.74, 6) is 0. The smallest absolute Gasteiger partial charge is 0.243 e. The van der Waals surface area contributed by atoms with Crippen LogP contribution in [0.4, 0.5) is 0 Å². The van der Waals surface area contributed by atoms with Gasteiger partial charge in [-0.2, -0.15) is 4.31 Å². The second-order valence-corrected chi connectivity index (χ2v) is 6.33. The van der Waals surface area contributed by atoms with E-state index in [-0.39, 0.29) is 13.1 Å². The first-order valence-electron chi connectivity index (χ1n) is 6.51. The van der Waals surface area contributed by atoms with Gasteiger partial charge in [0.15, 0.2) is 0 Å². The molecule has 0 heterocycles. The van der Waals surface area contributed by atoms with Crippen molar-refractivity contribution in [3.63, 3.8) is 0 Å². The maximum absolute atomic E-state index is 12.5. The van der Waals surface area contributed by atoms with Crippen LogP contribution in [0.2, 0.25) is 0 Å². The predicted molar refractivity (Wildman–Crippen MR) is 83.2 cm³/mol. The molecule has 0 fully saturated rings. The molecule has 1 rings (SSSR count). The van der Waals surface area contributed by atoms with Crippen LogP contribution in [0.3, 0.4) is 0 Å². The Kier molecular flexibility index (Phi) is 6.64. The Labute approximate surface area is 121 Å². The maximum atomic E-state index is 12.5. The number of nitrogens with zero attached hydrogens (tertiary/aromatic N) is 1. The largest absolute Gasteiger partial charge is 0.319 e. The average molecular weight is 294 g/mol. The number of likely N-dealkylation sites (N-methyl/N-ethyl adjacent to an activating group) is 1. The van der Waals surface area contributed by atoms with E-state index in [2.05, 4.69) is 18.5 Å². The fourth-order valence-electron chi connectivity index (χ4n) is 1.81. The Morgan fingerprint density at radius 1 is 1.15 bits per heavy atom. The predicted octanol–water partition coefficient (Wildman–Crippen LogP) is 1.81. The van der Waals surface area contributed by atoms with Crippen molar-refractivity contribution in [2.45, 2.75) is 11.3 Å². The molecular formula is C15H22N2O2S.